The molecule has 0 unspecified atom stereocenters. The van der Waals surface area contributed by atoms with E-state index in [0.717, 1.165) is 5.56 Å². The molecule has 26 heavy (non-hydrogen) atoms. The Morgan fingerprint density at radius 1 is 1.31 bits per heavy atom. The number of benzene rings is 1. The van der Waals surface area contributed by atoms with Crippen molar-refractivity contribution in [2.45, 2.75) is 51.6 Å². The van der Waals surface area contributed by atoms with Crippen molar-refractivity contribution in [1.82, 2.24) is 10.3 Å². The van der Waals surface area contributed by atoms with Crippen molar-refractivity contribution >= 4 is 17.5 Å². The van der Waals surface area contributed by atoms with E-state index in [2.05, 4.69) is 10.5 Å². The summed E-state index contributed by atoms with van der Waals surface area (Å²) in [5.41, 5.74) is 3.17. The molecule has 0 radical (unpaired) electrons. The van der Waals surface area contributed by atoms with Crippen molar-refractivity contribution in [3.8, 4) is 5.75 Å². The normalized spacial score (nSPS) is 18.5. The van der Waals surface area contributed by atoms with E-state index in [-0.39, 0.29) is 41.3 Å². The van der Waals surface area contributed by atoms with E-state index < -0.39 is 0 Å². The van der Waals surface area contributed by atoms with Gasteiger partial charge in [-0.15, -0.1) is 0 Å². The maximum Gasteiger partial charge on any atom is 0.270 e. The Labute approximate surface area is 152 Å². The Kier molecular flexibility index (Phi) is 4.98. The molecule has 7 heteroatoms. The number of carbonyl (C=O) groups is 2. The minimum absolute atomic E-state index is 0.0316. The van der Waals surface area contributed by atoms with Crippen LogP contribution < -0.4 is 10.2 Å². The zero-order valence-electron chi connectivity index (χ0n) is 15.3. The predicted molar refractivity (Wildman–Crippen MR) is 95.5 cm³/mol. The SMILES string of the molecule is CC(C)(C)c1cc(F)ccc1OC1CCN(C(=O)C2=NNC(=O)C2)CC1. The summed E-state index contributed by atoms with van der Waals surface area (Å²) in [6.45, 7) is 7.15. The fraction of sp³-hybridized carbons (Fsp3) is 0.526. The smallest absolute Gasteiger partial charge is 0.270 e. The lowest BCUT2D eigenvalue weighted by Crippen LogP contribution is -2.44. The third-order valence-corrected chi connectivity index (χ3v) is 4.66. The number of hydrogen-bond donors (Lipinski definition) is 1. The number of carbonyl (C=O) groups excluding carboxylic acids is 2. The van der Waals surface area contributed by atoms with Gasteiger partial charge in [0.2, 0.25) is 5.91 Å². The molecular weight excluding hydrogens is 337 g/mol. The Balaban J connectivity index is 1.61. The summed E-state index contributed by atoms with van der Waals surface area (Å²) in [4.78, 5) is 25.2. The van der Waals surface area contributed by atoms with Crippen LogP contribution in [0.25, 0.3) is 0 Å². The van der Waals surface area contributed by atoms with Crippen LogP contribution in [-0.2, 0) is 15.0 Å². The van der Waals surface area contributed by atoms with Crippen LogP contribution in [0.15, 0.2) is 23.3 Å². The molecule has 1 aromatic rings. The van der Waals surface area contributed by atoms with Crippen molar-refractivity contribution in [3.63, 3.8) is 0 Å². The van der Waals surface area contributed by atoms with Gasteiger partial charge in [0.25, 0.3) is 5.91 Å². The second-order valence-corrected chi connectivity index (χ2v) is 7.77. The number of ether oxygens (including phenoxy) is 1. The highest BCUT2D eigenvalue weighted by atomic mass is 19.1. The molecule has 0 saturated carbocycles. The molecule has 2 aliphatic heterocycles. The van der Waals surface area contributed by atoms with E-state index >= 15 is 0 Å². The van der Waals surface area contributed by atoms with E-state index in [0.29, 0.717) is 31.7 Å². The van der Waals surface area contributed by atoms with E-state index in [1.165, 1.54) is 12.1 Å². The van der Waals surface area contributed by atoms with Crippen molar-refractivity contribution in [1.29, 1.82) is 0 Å². The Morgan fingerprint density at radius 3 is 2.58 bits per heavy atom. The summed E-state index contributed by atoms with van der Waals surface area (Å²) in [5.74, 6) is -0.0293. The first-order chi connectivity index (χ1) is 12.2. The molecule has 3 rings (SSSR count). The van der Waals surface area contributed by atoms with Gasteiger partial charge in [-0.1, -0.05) is 20.8 Å². The molecule has 0 aromatic heterocycles. The highest BCUT2D eigenvalue weighted by Gasteiger charge is 2.30. The van der Waals surface area contributed by atoms with Gasteiger partial charge >= 0.3 is 0 Å². The zero-order chi connectivity index (χ0) is 18.9. The maximum atomic E-state index is 13.6. The van der Waals surface area contributed by atoms with Crippen LogP contribution in [0.3, 0.4) is 0 Å². The summed E-state index contributed by atoms with van der Waals surface area (Å²) in [6, 6.07) is 4.61. The first kappa shape index (κ1) is 18.4. The molecule has 0 bridgehead atoms. The molecule has 2 amide bonds. The molecule has 1 saturated heterocycles. The molecule has 0 spiro atoms. The number of hydrazone groups is 1. The zero-order valence-corrected chi connectivity index (χ0v) is 15.3. The number of amides is 2. The molecule has 0 atom stereocenters. The van der Waals surface area contributed by atoms with Gasteiger partial charge in [-0.05, 0) is 23.6 Å². The van der Waals surface area contributed by atoms with Crippen molar-refractivity contribution in [2.75, 3.05) is 13.1 Å². The maximum absolute atomic E-state index is 13.6. The van der Waals surface area contributed by atoms with Crippen LogP contribution in [0.1, 0.15) is 45.6 Å². The molecule has 2 aliphatic rings. The first-order valence-corrected chi connectivity index (χ1v) is 8.85. The monoisotopic (exact) mass is 361 g/mol. The number of likely N-dealkylation sites (tertiary alicyclic amines) is 1. The average molecular weight is 361 g/mol. The lowest BCUT2D eigenvalue weighted by atomic mass is 9.86. The van der Waals surface area contributed by atoms with Crippen LogP contribution in [-0.4, -0.2) is 41.6 Å². The van der Waals surface area contributed by atoms with E-state index in [4.69, 9.17) is 4.74 Å². The number of rotatable bonds is 3. The van der Waals surface area contributed by atoms with Crippen LogP contribution in [0.5, 0.6) is 5.75 Å². The predicted octanol–water partition coefficient (Wildman–Crippen LogP) is 2.37. The van der Waals surface area contributed by atoms with Crippen LogP contribution in [0.2, 0.25) is 0 Å². The number of nitrogens with one attached hydrogen (secondary N) is 1. The molecule has 140 valence electrons. The summed E-state index contributed by atoms with van der Waals surface area (Å²) >= 11 is 0. The van der Waals surface area contributed by atoms with Gasteiger partial charge in [-0.25, -0.2) is 9.82 Å². The molecular formula is C19H24FN3O3. The highest BCUT2D eigenvalue weighted by molar-refractivity contribution is 6.43. The Hall–Kier alpha value is -2.44. The summed E-state index contributed by atoms with van der Waals surface area (Å²) < 4.78 is 19.8. The first-order valence-electron chi connectivity index (χ1n) is 8.85. The summed E-state index contributed by atoms with van der Waals surface area (Å²) in [5, 5.41) is 3.78. The van der Waals surface area contributed by atoms with Gasteiger partial charge < -0.3 is 9.64 Å². The van der Waals surface area contributed by atoms with Gasteiger partial charge in [0.05, 0.1) is 6.42 Å². The lowest BCUT2D eigenvalue weighted by molar-refractivity contribution is -0.126. The third kappa shape index (κ3) is 4.03. The van der Waals surface area contributed by atoms with Gasteiger partial charge in [0.1, 0.15) is 23.4 Å². The van der Waals surface area contributed by atoms with Crippen LogP contribution in [0, 0.1) is 5.82 Å². The van der Waals surface area contributed by atoms with Crippen LogP contribution in [0.4, 0.5) is 4.39 Å². The van der Waals surface area contributed by atoms with Gasteiger partial charge in [-0.3, -0.25) is 9.59 Å². The molecule has 2 heterocycles. The third-order valence-electron chi connectivity index (χ3n) is 4.66. The van der Waals surface area contributed by atoms with E-state index in [1.807, 2.05) is 20.8 Å². The standard InChI is InChI=1S/C19H24FN3O3/c1-19(2,3)14-10-12(20)4-5-16(14)26-13-6-8-23(9-7-13)18(25)15-11-17(24)22-21-15/h4-5,10,13H,6-9,11H2,1-3H3,(H,22,24). The summed E-state index contributed by atoms with van der Waals surface area (Å²) in [6.07, 6.45) is 1.37. The second-order valence-electron chi connectivity index (χ2n) is 7.77. The van der Waals surface area contributed by atoms with Crippen LogP contribution >= 0.6 is 0 Å². The van der Waals surface area contributed by atoms with Gasteiger partial charge in [0, 0.05) is 31.5 Å². The van der Waals surface area contributed by atoms with E-state index in [1.54, 1.807) is 11.0 Å². The Morgan fingerprint density at radius 2 is 2.00 bits per heavy atom. The summed E-state index contributed by atoms with van der Waals surface area (Å²) in [7, 11) is 0. The molecule has 1 fully saturated rings. The van der Waals surface area contributed by atoms with Crippen molar-refractivity contribution in [3.05, 3.63) is 29.6 Å². The number of halogens is 1. The average Bonchev–Trinajstić information content (AvgIpc) is 3.02. The Bertz CT molecular complexity index is 747. The number of hydrogen-bond acceptors (Lipinski definition) is 4. The highest BCUT2D eigenvalue weighted by Crippen LogP contribution is 2.33. The fourth-order valence-electron chi connectivity index (χ4n) is 3.21. The largest absolute Gasteiger partial charge is 0.490 e. The van der Waals surface area contributed by atoms with Crippen molar-refractivity contribution < 1.29 is 18.7 Å². The second kappa shape index (κ2) is 7.05. The van der Waals surface area contributed by atoms with Gasteiger partial charge in [-0.2, -0.15) is 5.10 Å². The minimum Gasteiger partial charge on any atom is -0.490 e. The van der Waals surface area contributed by atoms with E-state index in [9.17, 15) is 14.0 Å². The molecule has 6 nitrogen and oxygen atoms in total. The van der Waals surface area contributed by atoms with Crippen molar-refractivity contribution in [2.24, 2.45) is 5.10 Å². The van der Waals surface area contributed by atoms with Gasteiger partial charge in [0.15, 0.2) is 0 Å². The molecule has 1 aromatic carbocycles. The topological polar surface area (TPSA) is 71.0 Å². The molecule has 1 N–H and O–H groups in total. The lowest BCUT2D eigenvalue weighted by Gasteiger charge is -2.33. The molecule has 0 aliphatic carbocycles. The number of nitrogens with zero attached hydrogens (tertiary/aromatic N) is 2. The quantitative estimate of drug-likeness (QED) is 0.898. The number of piperidine rings is 1. The minimum atomic E-state index is -0.275. The fourth-order valence-corrected chi connectivity index (χ4v) is 3.21.